The van der Waals surface area contributed by atoms with E-state index >= 15 is 0 Å². The van der Waals surface area contributed by atoms with E-state index in [1.807, 2.05) is 18.2 Å². The highest BCUT2D eigenvalue weighted by atomic mass is 16.7. The molecule has 0 N–H and O–H groups in total. The molecule has 2 aromatic rings. The summed E-state index contributed by atoms with van der Waals surface area (Å²) in [6.07, 6.45) is 1.76. The fourth-order valence-corrected chi connectivity index (χ4v) is 3.55. The number of likely N-dealkylation sites (tertiary alicyclic amines) is 1. The molecule has 1 atom stereocenters. The third-order valence-electron chi connectivity index (χ3n) is 4.88. The van der Waals surface area contributed by atoms with E-state index in [4.69, 9.17) is 14.2 Å². The quantitative estimate of drug-likeness (QED) is 0.787. The Hall–Kier alpha value is -2.87. The maximum absolute atomic E-state index is 12.3. The Balaban J connectivity index is 1.58. The molecule has 1 fully saturated rings. The molecule has 8 heteroatoms. The first-order valence-electron chi connectivity index (χ1n) is 8.92. The molecule has 2 aliphatic rings. The molecule has 1 aromatic heterocycles. The number of carbonyl (C=O) groups is 1. The van der Waals surface area contributed by atoms with E-state index in [1.54, 1.807) is 11.0 Å². The molecule has 0 aliphatic carbocycles. The van der Waals surface area contributed by atoms with Gasteiger partial charge in [0.1, 0.15) is 6.61 Å². The summed E-state index contributed by atoms with van der Waals surface area (Å²) in [6.45, 7) is 1.31. The SMILES string of the molecule is COCC(=O)N1CCC[C@H]1Cn1nc(-c2ccc3c(c2)OCO3)ccc1=O. The van der Waals surface area contributed by atoms with Crippen molar-refractivity contribution in [3.63, 3.8) is 0 Å². The van der Waals surface area contributed by atoms with Crippen molar-refractivity contribution in [2.45, 2.75) is 25.4 Å². The van der Waals surface area contributed by atoms with Gasteiger partial charge in [0.25, 0.3) is 5.56 Å². The van der Waals surface area contributed by atoms with Crippen molar-refractivity contribution in [1.29, 1.82) is 0 Å². The van der Waals surface area contributed by atoms with Gasteiger partial charge >= 0.3 is 0 Å². The Bertz CT molecular complexity index is 910. The number of methoxy groups -OCH3 is 1. The van der Waals surface area contributed by atoms with Crippen LogP contribution in [-0.2, 0) is 16.1 Å². The molecule has 0 bridgehead atoms. The molecular formula is C19H21N3O5. The molecule has 142 valence electrons. The Morgan fingerprint density at radius 3 is 2.96 bits per heavy atom. The van der Waals surface area contributed by atoms with Gasteiger partial charge in [0.15, 0.2) is 11.5 Å². The van der Waals surface area contributed by atoms with Crippen LogP contribution in [0.4, 0.5) is 0 Å². The van der Waals surface area contributed by atoms with Crippen LogP contribution in [0.2, 0.25) is 0 Å². The van der Waals surface area contributed by atoms with Crippen LogP contribution in [0.5, 0.6) is 11.5 Å². The van der Waals surface area contributed by atoms with Crippen molar-refractivity contribution >= 4 is 5.91 Å². The summed E-state index contributed by atoms with van der Waals surface area (Å²) < 4.78 is 17.1. The fraction of sp³-hybridized carbons (Fsp3) is 0.421. The zero-order chi connectivity index (χ0) is 18.8. The lowest BCUT2D eigenvalue weighted by Crippen LogP contribution is -2.42. The lowest BCUT2D eigenvalue weighted by molar-refractivity contribution is -0.136. The topological polar surface area (TPSA) is 82.9 Å². The highest BCUT2D eigenvalue weighted by Gasteiger charge is 2.29. The molecule has 2 aliphatic heterocycles. The largest absolute Gasteiger partial charge is 0.454 e. The third-order valence-corrected chi connectivity index (χ3v) is 4.88. The summed E-state index contributed by atoms with van der Waals surface area (Å²) in [5.41, 5.74) is 1.32. The fourth-order valence-electron chi connectivity index (χ4n) is 3.55. The van der Waals surface area contributed by atoms with Crippen molar-refractivity contribution < 1.29 is 19.0 Å². The molecule has 8 nitrogen and oxygen atoms in total. The van der Waals surface area contributed by atoms with E-state index in [9.17, 15) is 9.59 Å². The first-order chi connectivity index (χ1) is 13.2. The number of fused-ring (bicyclic) bond motifs is 1. The monoisotopic (exact) mass is 371 g/mol. The van der Waals surface area contributed by atoms with Crippen LogP contribution in [0.25, 0.3) is 11.3 Å². The highest BCUT2D eigenvalue weighted by molar-refractivity contribution is 5.78. The molecule has 3 heterocycles. The van der Waals surface area contributed by atoms with Gasteiger partial charge in [-0.1, -0.05) is 0 Å². The minimum absolute atomic E-state index is 0.0511. The Morgan fingerprint density at radius 1 is 1.26 bits per heavy atom. The van der Waals surface area contributed by atoms with Crippen LogP contribution >= 0.6 is 0 Å². The zero-order valence-electron chi connectivity index (χ0n) is 15.1. The first kappa shape index (κ1) is 17.5. The smallest absolute Gasteiger partial charge is 0.266 e. The number of rotatable bonds is 5. The van der Waals surface area contributed by atoms with Crippen molar-refractivity contribution in [2.24, 2.45) is 0 Å². The van der Waals surface area contributed by atoms with E-state index in [-0.39, 0.29) is 30.9 Å². The second kappa shape index (κ2) is 7.40. The summed E-state index contributed by atoms with van der Waals surface area (Å²) >= 11 is 0. The van der Waals surface area contributed by atoms with Crippen molar-refractivity contribution in [1.82, 2.24) is 14.7 Å². The molecule has 1 aromatic carbocycles. The summed E-state index contributed by atoms with van der Waals surface area (Å²) in [5.74, 6) is 1.31. The molecule has 27 heavy (non-hydrogen) atoms. The van der Waals surface area contributed by atoms with E-state index in [0.717, 1.165) is 18.4 Å². The van der Waals surface area contributed by atoms with Gasteiger partial charge in [-0.25, -0.2) is 4.68 Å². The molecular weight excluding hydrogens is 350 g/mol. The van der Waals surface area contributed by atoms with Gasteiger partial charge in [-0.15, -0.1) is 0 Å². The number of nitrogens with zero attached hydrogens (tertiary/aromatic N) is 3. The predicted octanol–water partition coefficient (Wildman–Crippen LogP) is 1.28. The second-order valence-electron chi connectivity index (χ2n) is 6.62. The molecule has 1 amide bonds. The number of carbonyl (C=O) groups excluding carboxylic acids is 1. The maximum Gasteiger partial charge on any atom is 0.266 e. The molecule has 0 spiro atoms. The molecule has 0 unspecified atom stereocenters. The van der Waals surface area contributed by atoms with Gasteiger partial charge in [0.05, 0.1) is 18.3 Å². The van der Waals surface area contributed by atoms with Crippen molar-refractivity contribution in [3.05, 3.63) is 40.7 Å². The van der Waals surface area contributed by atoms with E-state index in [2.05, 4.69) is 5.10 Å². The standard InChI is InChI=1S/C19H21N3O5/c1-25-11-19(24)21-8-2-3-14(21)10-22-18(23)7-5-15(20-22)13-4-6-16-17(9-13)27-12-26-16/h4-7,9,14H,2-3,8,10-12H2,1H3/t14-/m0/s1. The van der Waals surface area contributed by atoms with Gasteiger partial charge in [-0.3, -0.25) is 9.59 Å². The normalized spacial score (nSPS) is 18.1. The highest BCUT2D eigenvalue weighted by Crippen LogP contribution is 2.35. The number of hydrogen-bond donors (Lipinski definition) is 0. The lowest BCUT2D eigenvalue weighted by atomic mass is 10.1. The Labute approximate surface area is 156 Å². The van der Waals surface area contributed by atoms with Gasteiger partial charge < -0.3 is 19.1 Å². The number of benzene rings is 1. The van der Waals surface area contributed by atoms with E-state index in [1.165, 1.54) is 17.9 Å². The molecule has 4 rings (SSSR count). The van der Waals surface area contributed by atoms with Crippen LogP contribution in [0, 0.1) is 0 Å². The predicted molar refractivity (Wildman–Crippen MR) is 96.7 cm³/mol. The average molecular weight is 371 g/mol. The summed E-state index contributed by atoms with van der Waals surface area (Å²) in [7, 11) is 1.50. The van der Waals surface area contributed by atoms with Gasteiger partial charge in [-0.05, 0) is 37.1 Å². The molecule has 1 saturated heterocycles. The van der Waals surface area contributed by atoms with Gasteiger partial charge in [-0.2, -0.15) is 5.10 Å². The first-order valence-corrected chi connectivity index (χ1v) is 8.92. The summed E-state index contributed by atoms with van der Waals surface area (Å²) in [4.78, 5) is 26.3. The van der Waals surface area contributed by atoms with Gasteiger partial charge in [0.2, 0.25) is 12.7 Å². The summed E-state index contributed by atoms with van der Waals surface area (Å²) in [5, 5.41) is 4.51. The molecule has 0 saturated carbocycles. The van der Waals surface area contributed by atoms with Crippen LogP contribution in [-0.4, -0.2) is 53.7 Å². The van der Waals surface area contributed by atoms with Gasteiger partial charge in [0, 0.05) is 25.3 Å². The number of aromatic nitrogens is 2. The van der Waals surface area contributed by atoms with E-state index < -0.39 is 0 Å². The maximum atomic E-state index is 12.3. The van der Waals surface area contributed by atoms with Crippen LogP contribution in [0.15, 0.2) is 35.1 Å². The van der Waals surface area contributed by atoms with Crippen LogP contribution in [0.3, 0.4) is 0 Å². The molecule has 0 radical (unpaired) electrons. The van der Waals surface area contributed by atoms with Crippen molar-refractivity contribution in [2.75, 3.05) is 27.1 Å². The second-order valence-corrected chi connectivity index (χ2v) is 6.62. The number of ether oxygens (including phenoxy) is 3. The van der Waals surface area contributed by atoms with E-state index in [0.29, 0.717) is 30.3 Å². The van der Waals surface area contributed by atoms with Crippen LogP contribution < -0.4 is 15.0 Å². The third kappa shape index (κ3) is 3.52. The summed E-state index contributed by atoms with van der Waals surface area (Å²) in [6, 6.07) is 8.71. The zero-order valence-corrected chi connectivity index (χ0v) is 15.1. The minimum Gasteiger partial charge on any atom is -0.454 e. The number of hydrogen-bond acceptors (Lipinski definition) is 6. The minimum atomic E-state index is -0.189. The lowest BCUT2D eigenvalue weighted by Gasteiger charge is -2.24. The van der Waals surface area contributed by atoms with Crippen LogP contribution in [0.1, 0.15) is 12.8 Å². The Morgan fingerprint density at radius 2 is 2.11 bits per heavy atom. The Kier molecular flexibility index (Phi) is 4.81. The van der Waals surface area contributed by atoms with Crippen molar-refractivity contribution in [3.8, 4) is 22.8 Å². The number of amides is 1. The average Bonchev–Trinajstić information content (AvgIpc) is 3.32.